The van der Waals surface area contributed by atoms with Gasteiger partial charge in [0.1, 0.15) is 17.2 Å². The Labute approximate surface area is 318 Å². The molecule has 0 saturated carbocycles. The van der Waals surface area contributed by atoms with Crippen LogP contribution in [0.5, 0.6) is 17.2 Å². The quantitative estimate of drug-likeness (QED) is 0.150. The number of hydrogen-bond acceptors (Lipinski definition) is 11. The molecule has 2 aromatic heterocycles. The van der Waals surface area contributed by atoms with Crippen molar-refractivity contribution in [3.8, 4) is 39.8 Å². The van der Waals surface area contributed by atoms with Gasteiger partial charge in [-0.05, 0) is 124 Å². The van der Waals surface area contributed by atoms with Crippen LogP contribution in [0.3, 0.4) is 0 Å². The van der Waals surface area contributed by atoms with Gasteiger partial charge in [-0.2, -0.15) is 0 Å². The molecular weight excluding hydrogens is 690 g/mol. The second-order valence-corrected chi connectivity index (χ2v) is 17.4. The maximum atomic E-state index is 13.5. The molecule has 13 heteroatoms. The van der Waals surface area contributed by atoms with Crippen molar-refractivity contribution >= 4 is 11.6 Å². The summed E-state index contributed by atoms with van der Waals surface area (Å²) in [4.78, 5) is 4.32. The number of nitrogens with zero attached hydrogens (tertiary/aromatic N) is 6. The van der Waals surface area contributed by atoms with Crippen molar-refractivity contribution in [1.82, 2.24) is 31.0 Å². The van der Waals surface area contributed by atoms with Crippen molar-refractivity contribution in [1.29, 1.82) is 0 Å². The highest BCUT2D eigenvalue weighted by molar-refractivity contribution is 5.69. The zero-order valence-electron chi connectivity index (χ0n) is 33.4. The van der Waals surface area contributed by atoms with E-state index in [4.69, 9.17) is 4.74 Å². The van der Waals surface area contributed by atoms with Gasteiger partial charge in [-0.1, -0.05) is 0 Å². The Bertz CT molecular complexity index is 1890. The minimum Gasteiger partial charge on any atom is -0.507 e. The Morgan fingerprint density at radius 2 is 1.00 bits per heavy atom. The molecule has 0 unspecified atom stereocenters. The predicted octanol–water partition coefficient (Wildman–Crippen LogP) is 7.48. The molecule has 2 saturated heterocycles. The van der Waals surface area contributed by atoms with Gasteiger partial charge >= 0.3 is 0 Å². The molecule has 2 aliphatic heterocycles. The molecule has 292 valence electrons. The zero-order valence-corrected chi connectivity index (χ0v) is 33.4. The molecule has 0 aliphatic carbocycles. The van der Waals surface area contributed by atoms with Gasteiger partial charge in [-0.25, -0.2) is 8.78 Å². The molecule has 0 bridgehead atoms. The maximum Gasteiger partial charge on any atom is 0.162 e. The molecule has 0 amide bonds. The van der Waals surface area contributed by atoms with E-state index < -0.39 is 11.6 Å². The van der Waals surface area contributed by atoms with Crippen molar-refractivity contribution in [2.24, 2.45) is 0 Å². The number of phenols is 2. The molecule has 2 aromatic carbocycles. The summed E-state index contributed by atoms with van der Waals surface area (Å²) < 4.78 is 31.8. The lowest BCUT2D eigenvalue weighted by molar-refractivity contribution is 0.160. The van der Waals surface area contributed by atoms with Gasteiger partial charge in [0.05, 0.1) is 18.5 Å². The number of aromatic hydroxyl groups is 2. The number of ether oxygens (including phenoxy) is 1. The third kappa shape index (κ3) is 9.72. The number of hydrogen-bond donors (Lipinski definition) is 4. The van der Waals surface area contributed by atoms with E-state index in [0.29, 0.717) is 28.9 Å². The molecule has 4 N–H and O–H groups in total. The average Bonchev–Trinajstić information content (AvgIpc) is 3.07. The van der Waals surface area contributed by atoms with Crippen molar-refractivity contribution in [2.45, 2.75) is 115 Å². The fourth-order valence-corrected chi connectivity index (χ4v) is 8.37. The van der Waals surface area contributed by atoms with E-state index >= 15 is 0 Å². The van der Waals surface area contributed by atoms with Gasteiger partial charge < -0.3 is 35.4 Å². The van der Waals surface area contributed by atoms with E-state index in [1.165, 1.54) is 0 Å². The Kier molecular flexibility index (Phi) is 11.5. The van der Waals surface area contributed by atoms with Crippen LogP contribution in [0.15, 0.2) is 54.6 Å². The average molecular weight is 747 g/mol. The van der Waals surface area contributed by atoms with Gasteiger partial charge in [0.2, 0.25) is 0 Å². The first-order chi connectivity index (χ1) is 25.1. The summed E-state index contributed by atoms with van der Waals surface area (Å²) in [5.41, 5.74) is 1.83. The molecule has 0 radical (unpaired) electrons. The minimum absolute atomic E-state index is 0.00543. The SMILES string of the molecule is CN(c1ccc(-c2cc(F)c(F)cc2O)nn1)C1CC(C)(C)NC(C)(C)C1.COc1ccc(-c2ccc(N(C)C3CC(C)(C)NC(C)(C)C3)nn2)c(O)c1. The van der Waals surface area contributed by atoms with Gasteiger partial charge in [-0.3, -0.25) is 0 Å². The number of halogens is 2. The molecule has 2 fully saturated rings. The number of piperidine rings is 2. The monoisotopic (exact) mass is 746 g/mol. The van der Waals surface area contributed by atoms with E-state index in [1.54, 1.807) is 37.4 Å². The van der Waals surface area contributed by atoms with E-state index in [0.717, 1.165) is 43.6 Å². The molecule has 4 aromatic rings. The number of anilines is 2. The molecule has 11 nitrogen and oxygen atoms in total. The Morgan fingerprint density at radius 1 is 0.593 bits per heavy atom. The third-order valence-electron chi connectivity index (χ3n) is 10.3. The molecular formula is C41H56F2N8O3. The van der Waals surface area contributed by atoms with Crippen LogP contribution in [0.25, 0.3) is 22.5 Å². The summed E-state index contributed by atoms with van der Waals surface area (Å²) in [6, 6.07) is 14.8. The summed E-state index contributed by atoms with van der Waals surface area (Å²) in [5.74, 6) is -0.235. The zero-order chi connectivity index (χ0) is 39.8. The normalized spacial score (nSPS) is 19.0. The molecule has 4 heterocycles. The third-order valence-corrected chi connectivity index (χ3v) is 10.3. The van der Waals surface area contributed by atoms with E-state index in [1.807, 2.05) is 19.2 Å². The molecule has 0 spiro atoms. The lowest BCUT2D eigenvalue weighted by Crippen LogP contribution is -2.62. The smallest absolute Gasteiger partial charge is 0.162 e. The largest absolute Gasteiger partial charge is 0.507 e. The van der Waals surface area contributed by atoms with E-state index in [-0.39, 0.29) is 51.0 Å². The first-order valence-electron chi connectivity index (χ1n) is 18.4. The van der Waals surface area contributed by atoms with Crippen molar-refractivity contribution in [3.05, 3.63) is 66.2 Å². The van der Waals surface area contributed by atoms with Crippen LogP contribution in [-0.4, -0.2) is 86.1 Å². The topological polar surface area (TPSA) is 132 Å². The fraction of sp³-hybridized carbons (Fsp3) is 0.512. The standard InChI is InChI=1S/C21H30N4O2.C20H26F2N4O/c1-20(2)12-14(13-21(3,4)24-20)25(5)19-10-9-17(22-23-19)16-8-7-15(27-6)11-18(16)26;1-19(2)10-12(11-20(3,4)25-19)26(5)18-7-6-16(23-24-18)13-8-14(21)15(22)9-17(13)27/h7-11,14,24,26H,12-13H2,1-6H3;6-9,12,25,27H,10-11H2,1-5H3. The summed E-state index contributed by atoms with van der Waals surface area (Å²) in [6.07, 6.45) is 3.99. The highest BCUT2D eigenvalue weighted by atomic mass is 19.2. The number of aromatic nitrogens is 4. The molecule has 6 rings (SSSR count). The Morgan fingerprint density at radius 3 is 1.39 bits per heavy atom. The van der Waals surface area contributed by atoms with Crippen molar-refractivity contribution in [3.63, 3.8) is 0 Å². The van der Waals surface area contributed by atoms with E-state index in [9.17, 15) is 19.0 Å². The highest BCUT2D eigenvalue weighted by Gasteiger charge is 2.40. The summed E-state index contributed by atoms with van der Waals surface area (Å²) in [7, 11) is 5.64. The molecule has 2 aliphatic rings. The van der Waals surface area contributed by atoms with Crippen molar-refractivity contribution < 1.29 is 23.7 Å². The second kappa shape index (κ2) is 15.3. The van der Waals surface area contributed by atoms with Gasteiger partial charge in [0, 0.05) is 71.6 Å². The number of nitrogens with one attached hydrogen (secondary N) is 2. The van der Waals surface area contributed by atoms with Crippen LogP contribution in [0.2, 0.25) is 0 Å². The lowest BCUT2D eigenvalue weighted by atomic mass is 9.79. The molecule has 0 atom stereocenters. The van der Waals surface area contributed by atoms with E-state index in [2.05, 4.69) is 103 Å². The maximum absolute atomic E-state index is 13.5. The predicted molar refractivity (Wildman–Crippen MR) is 210 cm³/mol. The van der Waals surface area contributed by atoms with Crippen LogP contribution in [0.4, 0.5) is 20.4 Å². The number of rotatable bonds is 7. The Hall–Kier alpha value is -4.62. The summed E-state index contributed by atoms with van der Waals surface area (Å²) >= 11 is 0. The van der Waals surface area contributed by atoms with Gasteiger partial charge in [0.15, 0.2) is 23.3 Å². The Balaban J connectivity index is 0.000000208. The summed E-state index contributed by atoms with van der Waals surface area (Å²) in [6.45, 7) is 17.7. The van der Waals surface area contributed by atoms with Crippen LogP contribution in [-0.2, 0) is 0 Å². The lowest BCUT2D eigenvalue weighted by Gasteiger charge is -2.49. The van der Waals surface area contributed by atoms with Crippen LogP contribution in [0, 0.1) is 11.6 Å². The van der Waals surface area contributed by atoms with Gasteiger partial charge in [-0.15, -0.1) is 20.4 Å². The number of benzene rings is 2. The van der Waals surface area contributed by atoms with Gasteiger partial charge in [0.25, 0.3) is 0 Å². The van der Waals surface area contributed by atoms with Crippen LogP contribution in [0.1, 0.15) is 81.1 Å². The summed E-state index contributed by atoms with van der Waals surface area (Å²) in [5, 5.41) is 44.6. The first-order valence-corrected chi connectivity index (χ1v) is 18.4. The molecule has 54 heavy (non-hydrogen) atoms. The number of methoxy groups -OCH3 is 1. The fourth-order valence-electron chi connectivity index (χ4n) is 8.37. The number of phenolic OH excluding ortho intramolecular Hbond substituents is 2. The van der Waals surface area contributed by atoms with Crippen LogP contribution >= 0.6 is 0 Å². The first kappa shape index (κ1) is 40.6. The van der Waals surface area contributed by atoms with Crippen LogP contribution < -0.4 is 25.2 Å². The minimum atomic E-state index is -1.10. The van der Waals surface area contributed by atoms with Crippen molar-refractivity contribution in [2.75, 3.05) is 31.0 Å². The highest BCUT2D eigenvalue weighted by Crippen LogP contribution is 2.36. The second-order valence-electron chi connectivity index (χ2n) is 17.4.